The summed E-state index contributed by atoms with van der Waals surface area (Å²) in [6, 6.07) is 7.06. The van der Waals surface area contributed by atoms with Gasteiger partial charge in [0.25, 0.3) is 0 Å². The van der Waals surface area contributed by atoms with Crippen molar-refractivity contribution >= 4 is 17.9 Å². The summed E-state index contributed by atoms with van der Waals surface area (Å²) in [6.45, 7) is 1.61. The molecule has 23 heavy (non-hydrogen) atoms. The Hall–Kier alpha value is -2.37. The number of carboxylic acids is 2. The summed E-state index contributed by atoms with van der Waals surface area (Å²) in [5.41, 5.74) is 1.58. The summed E-state index contributed by atoms with van der Waals surface area (Å²) in [7, 11) is 1.31. The number of rotatable bonds is 9. The van der Waals surface area contributed by atoms with E-state index in [1.54, 1.807) is 31.2 Å². The summed E-state index contributed by atoms with van der Waals surface area (Å²) in [5.74, 6) is -3.13. The van der Waals surface area contributed by atoms with Crippen molar-refractivity contribution in [3.05, 3.63) is 35.4 Å². The van der Waals surface area contributed by atoms with Gasteiger partial charge in [-0.25, -0.2) is 0 Å². The maximum Gasteiger partial charge on any atom is 0.310 e. The van der Waals surface area contributed by atoms with Crippen LogP contribution in [0.3, 0.4) is 0 Å². The molecule has 0 spiro atoms. The molecule has 0 aliphatic heterocycles. The van der Waals surface area contributed by atoms with Crippen LogP contribution in [0.25, 0.3) is 0 Å². The van der Waals surface area contributed by atoms with Gasteiger partial charge >= 0.3 is 17.9 Å². The van der Waals surface area contributed by atoms with E-state index in [1.165, 1.54) is 7.11 Å². The maximum atomic E-state index is 11.8. The Morgan fingerprint density at radius 3 is 2.22 bits per heavy atom. The number of carbonyl (C=O) groups is 3. The average Bonchev–Trinajstić information content (AvgIpc) is 2.52. The normalized spacial score (nSPS) is 13.1. The third kappa shape index (κ3) is 6.10. The van der Waals surface area contributed by atoms with Gasteiger partial charge in [-0.1, -0.05) is 24.3 Å². The third-order valence-electron chi connectivity index (χ3n) is 3.81. The molecule has 2 N–H and O–H groups in total. The molecule has 2 unspecified atom stereocenters. The van der Waals surface area contributed by atoms with Gasteiger partial charge in [0.2, 0.25) is 0 Å². The van der Waals surface area contributed by atoms with E-state index in [1.807, 2.05) is 0 Å². The average molecular weight is 322 g/mol. The first kappa shape index (κ1) is 18.7. The number of hydrogen-bond acceptors (Lipinski definition) is 4. The molecule has 0 fully saturated rings. The van der Waals surface area contributed by atoms with Crippen molar-refractivity contribution in [2.75, 3.05) is 7.11 Å². The largest absolute Gasteiger partial charge is 0.481 e. The van der Waals surface area contributed by atoms with Crippen LogP contribution in [0, 0.1) is 5.92 Å². The monoisotopic (exact) mass is 322 g/mol. The van der Waals surface area contributed by atoms with Crippen molar-refractivity contribution in [2.45, 2.75) is 38.5 Å². The number of esters is 1. The Bertz CT molecular complexity index is 549. The van der Waals surface area contributed by atoms with Crippen molar-refractivity contribution in [3.8, 4) is 0 Å². The highest BCUT2D eigenvalue weighted by Gasteiger charge is 2.20. The van der Waals surface area contributed by atoms with Gasteiger partial charge in [0.05, 0.1) is 18.9 Å². The lowest BCUT2D eigenvalue weighted by Gasteiger charge is -2.15. The van der Waals surface area contributed by atoms with Gasteiger partial charge in [0, 0.05) is 6.42 Å². The number of carbonyl (C=O) groups excluding carboxylic acids is 1. The molecule has 1 aromatic rings. The second-order valence-corrected chi connectivity index (χ2v) is 5.51. The fourth-order valence-electron chi connectivity index (χ4n) is 2.34. The molecule has 0 heterocycles. The molecule has 0 saturated heterocycles. The third-order valence-corrected chi connectivity index (χ3v) is 3.81. The van der Waals surface area contributed by atoms with E-state index in [9.17, 15) is 14.4 Å². The Balaban J connectivity index is 2.73. The highest BCUT2D eigenvalue weighted by molar-refractivity contribution is 5.75. The summed E-state index contributed by atoms with van der Waals surface area (Å²) in [5, 5.41) is 17.7. The summed E-state index contributed by atoms with van der Waals surface area (Å²) < 4.78 is 4.77. The minimum absolute atomic E-state index is 0.0164. The van der Waals surface area contributed by atoms with Crippen molar-refractivity contribution in [3.63, 3.8) is 0 Å². The highest BCUT2D eigenvalue weighted by atomic mass is 16.5. The van der Waals surface area contributed by atoms with Gasteiger partial charge < -0.3 is 14.9 Å². The summed E-state index contributed by atoms with van der Waals surface area (Å²) in [4.78, 5) is 33.3. The Kier molecular flexibility index (Phi) is 7.25. The molecule has 0 aromatic heterocycles. The van der Waals surface area contributed by atoms with Crippen molar-refractivity contribution < 1.29 is 29.3 Å². The first-order chi connectivity index (χ1) is 10.8. The van der Waals surface area contributed by atoms with Crippen LogP contribution in [-0.4, -0.2) is 35.2 Å². The zero-order valence-electron chi connectivity index (χ0n) is 13.3. The minimum Gasteiger partial charge on any atom is -0.481 e. The zero-order valence-corrected chi connectivity index (χ0v) is 13.3. The van der Waals surface area contributed by atoms with E-state index in [-0.39, 0.29) is 12.4 Å². The number of benzene rings is 1. The fourth-order valence-corrected chi connectivity index (χ4v) is 2.34. The quantitative estimate of drug-likeness (QED) is 0.677. The van der Waals surface area contributed by atoms with Gasteiger partial charge in [0.15, 0.2) is 0 Å². The van der Waals surface area contributed by atoms with E-state index < -0.39 is 23.8 Å². The van der Waals surface area contributed by atoms with Gasteiger partial charge in [-0.15, -0.1) is 0 Å². The minimum atomic E-state index is -0.890. The van der Waals surface area contributed by atoms with Crippen molar-refractivity contribution in [2.24, 2.45) is 5.92 Å². The topological polar surface area (TPSA) is 101 Å². The molecule has 126 valence electrons. The van der Waals surface area contributed by atoms with Crippen LogP contribution >= 0.6 is 0 Å². The smallest absolute Gasteiger partial charge is 0.310 e. The Morgan fingerprint density at radius 2 is 1.74 bits per heavy atom. The molecule has 1 aromatic carbocycles. The van der Waals surface area contributed by atoms with Crippen LogP contribution in [0.4, 0.5) is 0 Å². The van der Waals surface area contributed by atoms with Crippen LogP contribution < -0.4 is 0 Å². The molecule has 0 aliphatic carbocycles. The number of ether oxygens (including phenoxy) is 1. The van der Waals surface area contributed by atoms with E-state index >= 15 is 0 Å². The number of hydrogen-bond donors (Lipinski definition) is 2. The summed E-state index contributed by atoms with van der Waals surface area (Å²) >= 11 is 0. The lowest BCUT2D eigenvalue weighted by Crippen LogP contribution is -2.19. The van der Waals surface area contributed by atoms with Crippen LogP contribution in [0.5, 0.6) is 0 Å². The SMILES string of the molecule is COC(=O)C(CCCC(=O)O)Cc1ccc(C(C)C(=O)O)cc1. The fraction of sp³-hybridized carbons (Fsp3) is 0.471. The Morgan fingerprint density at radius 1 is 1.13 bits per heavy atom. The van der Waals surface area contributed by atoms with Crippen LogP contribution in [0.15, 0.2) is 24.3 Å². The van der Waals surface area contributed by atoms with Gasteiger partial charge in [-0.2, -0.15) is 0 Å². The molecule has 0 bridgehead atoms. The highest BCUT2D eigenvalue weighted by Crippen LogP contribution is 2.20. The molecular weight excluding hydrogens is 300 g/mol. The van der Waals surface area contributed by atoms with E-state index in [0.717, 1.165) is 5.56 Å². The van der Waals surface area contributed by atoms with Crippen LogP contribution in [0.1, 0.15) is 43.2 Å². The number of methoxy groups -OCH3 is 1. The second-order valence-electron chi connectivity index (χ2n) is 5.51. The molecule has 6 heteroatoms. The lowest BCUT2D eigenvalue weighted by atomic mass is 9.92. The maximum absolute atomic E-state index is 11.8. The van der Waals surface area contributed by atoms with Crippen LogP contribution in [0.2, 0.25) is 0 Å². The first-order valence-electron chi connectivity index (χ1n) is 7.46. The standard InChI is InChI=1S/C17H22O6/c1-11(16(20)21)13-8-6-12(7-9-13)10-14(17(22)23-2)4-3-5-15(18)19/h6-9,11,14H,3-5,10H2,1-2H3,(H,18,19)(H,20,21). The Labute approximate surface area is 135 Å². The molecular formula is C17H22O6. The van der Waals surface area contributed by atoms with E-state index in [0.29, 0.717) is 24.8 Å². The lowest BCUT2D eigenvalue weighted by molar-refractivity contribution is -0.146. The van der Waals surface area contributed by atoms with E-state index in [4.69, 9.17) is 14.9 Å². The van der Waals surface area contributed by atoms with Crippen LogP contribution in [-0.2, 0) is 25.5 Å². The second kappa shape index (κ2) is 8.92. The molecule has 6 nitrogen and oxygen atoms in total. The van der Waals surface area contributed by atoms with Crippen molar-refractivity contribution in [1.82, 2.24) is 0 Å². The first-order valence-corrected chi connectivity index (χ1v) is 7.46. The predicted octanol–water partition coefficient (Wildman–Crippen LogP) is 2.46. The molecule has 0 amide bonds. The molecule has 1 rings (SSSR count). The molecule has 0 aliphatic rings. The van der Waals surface area contributed by atoms with Gasteiger partial charge in [-0.05, 0) is 37.3 Å². The number of aliphatic carboxylic acids is 2. The zero-order chi connectivity index (χ0) is 17.4. The predicted molar refractivity (Wildman–Crippen MR) is 83.2 cm³/mol. The van der Waals surface area contributed by atoms with Gasteiger partial charge in [-0.3, -0.25) is 14.4 Å². The summed E-state index contributed by atoms with van der Waals surface area (Å²) in [6.07, 6.45) is 1.30. The molecule has 0 radical (unpaired) electrons. The molecule has 0 saturated carbocycles. The van der Waals surface area contributed by atoms with Gasteiger partial charge in [0.1, 0.15) is 0 Å². The number of carboxylic acid groups (broad SMARTS) is 2. The van der Waals surface area contributed by atoms with Crippen molar-refractivity contribution in [1.29, 1.82) is 0 Å². The molecule has 2 atom stereocenters. The van der Waals surface area contributed by atoms with E-state index in [2.05, 4.69) is 0 Å².